The first kappa shape index (κ1) is 19.8. The van der Waals surface area contributed by atoms with E-state index in [0.717, 1.165) is 0 Å². The van der Waals surface area contributed by atoms with Gasteiger partial charge in [0.25, 0.3) is 5.91 Å². The minimum atomic E-state index is -1.26. The SMILES string of the molecule is CCC(C)(NC(=O)C1CCN(C(=O)COc2ccccc2)CC1)C(=O)O. The summed E-state index contributed by atoms with van der Waals surface area (Å²) in [5.74, 6) is -1.05. The Morgan fingerprint density at radius 3 is 2.38 bits per heavy atom. The van der Waals surface area contributed by atoms with Crippen LogP contribution >= 0.6 is 0 Å². The molecule has 1 heterocycles. The minimum Gasteiger partial charge on any atom is -0.484 e. The fraction of sp³-hybridized carbons (Fsp3) is 0.526. The summed E-state index contributed by atoms with van der Waals surface area (Å²) in [6, 6.07) is 9.13. The van der Waals surface area contributed by atoms with Crippen molar-refractivity contribution in [3.63, 3.8) is 0 Å². The fourth-order valence-corrected chi connectivity index (χ4v) is 2.81. The standard InChI is InChI=1S/C19H26N2O5/c1-3-19(2,18(24)25)20-17(23)14-9-11-21(12-10-14)16(22)13-26-15-7-5-4-6-8-15/h4-8,14H,3,9-13H2,1-2H3,(H,20,23)(H,24,25). The Morgan fingerprint density at radius 1 is 1.23 bits per heavy atom. The number of carboxylic acids is 1. The van der Waals surface area contributed by atoms with Gasteiger partial charge in [-0.25, -0.2) is 4.79 Å². The Balaban J connectivity index is 1.80. The number of likely N-dealkylation sites (tertiary alicyclic amines) is 1. The first-order chi connectivity index (χ1) is 12.4. The van der Waals surface area contributed by atoms with Gasteiger partial charge in [-0.05, 0) is 38.3 Å². The molecule has 2 amide bonds. The van der Waals surface area contributed by atoms with Gasteiger partial charge in [-0.1, -0.05) is 25.1 Å². The molecule has 0 saturated carbocycles. The van der Waals surface area contributed by atoms with Crippen LogP contribution in [0.5, 0.6) is 5.75 Å². The summed E-state index contributed by atoms with van der Waals surface area (Å²) in [5.41, 5.74) is -1.26. The molecule has 0 spiro atoms. The smallest absolute Gasteiger partial charge is 0.329 e. The average molecular weight is 362 g/mol. The van der Waals surface area contributed by atoms with Gasteiger partial charge in [0.15, 0.2) is 6.61 Å². The summed E-state index contributed by atoms with van der Waals surface area (Å²) in [7, 11) is 0. The Kier molecular flexibility index (Phi) is 6.60. The summed E-state index contributed by atoms with van der Waals surface area (Å²) < 4.78 is 5.47. The highest BCUT2D eigenvalue weighted by atomic mass is 16.5. The van der Waals surface area contributed by atoms with Gasteiger partial charge < -0.3 is 20.1 Å². The summed E-state index contributed by atoms with van der Waals surface area (Å²) in [4.78, 5) is 37.6. The Morgan fingerprint density at radius 2 is 1.85 bits per heavy atom. The highest BCUT2D eigenvalue weighted by Crippen LogP contribution is 2.20. The van der Waals surface area contributed by atoms with Crippen molar-refractivity contribution in [3.05, 3.63) is 30.3 Å². The molecular formula is C19H26N2O5. The van der Waals surface area contributed by atoms with Crippen molar-refractivity contribution in [3.8, 4) is 5.75 Å². The first-order valence-corrected chi connectivity index (χ1v) is 8.86. The summed E-state index contributed by atoms with van der Waals surface area (Å²) in [6.07, 6.45) is 1.34. The second-order valence-electron chi connectivity index (χ2n) is 6.74. The number of nitrogens with zero attached hydrogens (tertiary/aromatic N) is 1. The van der Waals surface area contributed by atoms with Crippen molar-refractivity contribution in [1.29, 1.82) is 0 Å². The zero-order valence-electron chi connectivity index (χ0n) is 15.2. The number of nitrogens with one attached hydrogen (secondary N) is 1. The van der Waals surface area contributed by atoms with Crippen LogP contribution in [0.2, 0.25) is 0 Å². The molecule has 1 aromatic rings. The molecule has 26 heavy (non-hydrogen) atoms. The molecule has 0 radical (unpaired) electrons. The second kappa shape index (κ2) is 8.69. The third-order valence-corrected chi connectivity index (χ3v) is 4.90. The molecule has 2 rings (SSSR count). The number of para-hydroxylation sites is 1. The van der Waals surface area contributed by atoms with E-state index in [4.69, 9.17) is 4.74 Å². The van der Waals surface area contributed by atoms with E-state index >= 15 is 0 Å². The quantitative estimate of drug-likeness (QED) is 0.769. The van der Waals surface area contributed by atoms with Crippen LogP contribution in [0.3, 0.4) is 0 Å². The van der Waals surface area contributed by atoms with Crippen molar-refractivity contribution in [2.24, 2.45) is 5.92 Å². The molecule has 1 aromatic carbocycles. The number of carbonyl (C=O) groups excluding carboxylic acids is 2. The molecule has 7 nitrogen and oxygen atoms in total. The van der Waals surface area contributed by atoms with Crippen molar-refractivity contribution in [2.45, 2.75) is 38.6 Å². The molecular weight excluding hydrogens is 336 g/mol. The van der Waals surface area contributed by atoms with Gasteiger partial charge in [0.2, 0.25) is 5.91 Å². The number of aliphatic carboxylic acids is 1. The van der Waals surface area contributed by atoms with E-state index in [2.05, 4.69) is 5.32 Å². The topological polar surface area (TPSA) is 95.9 Å². The highest BCUT2D eigenvalue weighted by molar-refractivity contribution is 5.88. The largest absolute Gasteiger partial charge is 0.484 e. The number of rotatable bonds is 7. The Labute approximate surface area is 153 Å². The minimum absolute atomic E-state index is 0.0339. The van der Waals surface area contributed by atoms with Gasteiger partial charge in [-0.2, -0.15) is 0 Å². The third-order valence-electron chi connectivity index (χ3n) is 4.90. The molecule has 1 atom stereocenters. The number of carbonyl (C=O) groups is 3. The van der Waals surface area contributed by atoms with E-state index in [1.807, 2.05) is 18.2 Å². The van der Waals surface area contributed by atoms with E-state index in [1.165, 1.54) is 6.92 Å². The molecule has 142 valence electrons. The number of piperidine rings is 1. The molecule has 0 aromatic heterocycles. The lowest BCUT2D eigenvalue weighted by Crippen LogP contribution is -2.54. The molecule has 1 aliphatic heterocycles. The zero-order chi connectivity index (χ0) is 19.2. The van der Waals surface area contributed by atoms with Gasteiger partial charge in [0.1, 0.15) is 11.3 Å². The van der Waals surface area contributed by atoms with Crippen LogP contribution in [0.1, 0.15) is 33.1 Å². The Hall–Kier alpha value is -2.57. The predicted molar refractivity (Wildman–Crippen MR) is 95.7 cm³/mol. The molecule has 1 unspecified atom stereocenters. The lowest BCUT2D eigenvalue weighted by Gasteiger charge is -2.33. The van der Waals surface area contributed by atoms with E-state index in [1.54, 1.807) is 24.0 Å². The normalized spacial score (nSPS) is 17.2. The molecule has 0 bridgehead atoms. The van der Waals surface area contributed by atoms with E-state index in [0.29, 0.717) is 38.1 Å². The second-order valence-corrected chi connectivity index (χ2v) is 6.74. The molecule has 1 saturated heterocycles. The van der Waals surface area contributed by atoms with Crippen molar-refractivity contribution < 1.29 is 24.2 Å². The van der Waals surface area contributed by atoms with Crippen LogP contribution in [0.25, 0.3) is 0 Å². The van der Waals surface area contributed by atoms with E-state index < -0.39 is 11.5 Å². The van der Waals surface area contributed by atoms with E-state index in [9.17, 15) is 19.5 Å². The van der Waals surface area contributed by atoms with Crippen LogP contribution in [0.15, 0.2) is 30.3 Å². The fourth-order valence-electron chi connectivity index (χ4n) is 2.81. The molecule has 1 fully saturated rings. The molecule has 2 N–H and O–H groups in total. The molecule has 7 heteroatoms. The number of carboxylic acid groups (broad SMARTS) is 1. The summed E-state index contributed by atoms with van der Waals surface area (Å²) in [5, 5.41) is 11.9. The predicted octanol–water partition coefficient (Wildman–Crippen LogP) is 1.67. The maximum Gasteiger partial charge on any atom is 0.329 e. The molecule has 1 aliphatic rings. The van der Waals surface area contributed by atoms with Gasteiger partial charge in [-0.15, -0.1) is 0 Å². The maximum absolute atomic E-state index is 12.4. The number of ether oxygens (including phenoxy) is 1. The number of benzene rings is 1. The van der Waals surface area contributed by atoms with Crippen molar-refractivity contribution in [1.82, 2.24) is 10.2 Å². The van der Waals surface area contributed by atoms with Crippen molar-refractivity contribution >= 4 is 17.8 Å². The lowest BCUT2D eigenvalue weighted by atomic mass is 9.92. The van der Waals surface area contributed by atoms with Gasteiger partial charge in [-0.3, -0.25) is 9.59 Å². The monoisotopic (exact) mass is 362 g/mol. The van der Waals surface area contributed by atoms with Gasteiger partial charge >= 0.3 is 5.97 Å². The number of hydrogen-bond donors (Lipinski definition) is 2. The lowest BCUT2D eigenvalue weighted by molar-refractivity contribution is -0.148. The first-order valence-electron chi connectivity index (χ1n) is 8.86. The van der Waals surface area contributed by atoms with Crippen LogP contribution in [-0.2, 0) is 14.4 Å². The van der Waals surface area contributed by atoms with Gasteiger partial charge in [0, 0.05) is 19.0 Å². The summed E-state index contributed by atoms with van der Waals surface area (Å²) in [6.45, 7) is 4.12. The summed E-state index contributed by atoms with van der Waals surface area (Å²) >= 11 is 0. The van der Waals surface area contributed by atoms with Crippen LogP contribution in [0.4, 0.5) is 0 Å². The van der Waals surface area contributed by atoms with Crippen LogP contribution < -0.4 is 10.1 Å². The number of amides is 2. The number of hydrogen-bond acceptors (Lipinski definition) is 4. The Bertz CT molecular complexity index is 641. The van der Waals surface area contributed by atoms with Crippen LogP contribution in [-0.4, -0.2) is 53.0 Å². The third kappa shape index (κ3) is 4.97. The maximum atomic E-state index is 12.4. The highest BCUT2D eigenvalue weighted by Gasteiger charge is 2.36. The van der Waals surface area contributed by atoms with Crippen LogP contribution in [0, 0.1) is 5.92 Å². The van der Waals surface area contributed by atoms with Crippen molar-refractivity contribution in [2.75, 3.05) is 19.7 Å². The van der Waals surface area contributed by atoms with Gasteiger partial charge in [0.05, 0.1) is 0 Å². The zero-order valence-corrected chi connectivity index (χ0v) is 15.2. The van der Waals surface area contributed by atoms with E-state index in [-0.39, 0.29) is 24.3 Å². The average Bonchev–Trinajstić information content (AvgIpc) is 2.66. The molecule has 0 aliphatic carbocycles.